The van der Waals surface area contributed by atoms with E-state index in [1.54, 1.807) is 0 Å². The third-order valence-corrected chi connectivity index (χ3v) is 5.14. The van der Waals surface area contributed by atoms with Crippen LogP contribution in [0.1, 0.15) is 38.6 Å². The minimum Gasteiger partial charge on any atom is -0.298 e. The van der Waals surface area contributed by atoms with Crippen LogP contribution in [0.15, 0.2) is 4.47 Å². The molecule has 0 aromatic carbocycles. The second-order valence-electron chi connectivity index (χ2n) is 4.92. The van der Waals surface area contributed by atoms with Crippen molar-refractivity contribution in [2.75, 3.05) is 19.1 Å². The highest BCUT2D eigenvalue weighted by molar-refractivity contribution is 9.10. The van der Waals surface area contributed by atoms with E-state index in [1.165, 1.54) is 28.0 Å². The summed E-state index contributed by atoms with van der Waals surface area (Å²) < 4.78 is 3.32. The smallest absolute Gasteiger partial charge is 0.0767 e. The van der Waals surface area contributed by atoms with Gasteiger partial charge in [0, 0.05) is 19.1 Å². The molecule has 1 unspecified atom stereocenters. The van der Waals surface area contributed by atoms with Crippen molar-refractivity contribution in [1.82, 2.24) is 14.7 Å². The Hall–Kier alpha value is -0.000000000000000111. The molecule has 0 fully saturated rings. The molecule has 3 nitrogen and oxygen atoms in total. The summed E-state index contributed by atoms with van der Waals surface area (Å²) in [6.07, 6.45) is 4.38. The monoisotopic (exact) mass is 347 g/mol. The largest absolute Gasteiger partial charge is 0.298 e. The highest BCUT2D eigenvalue weighted by Crippen LogP contribution is 2.24. The van der Waals surface area contributed by atoms with Gasteiger partial charge in [-0.15, -0.1) is 0 Å². The van der Waals surface area contributed by atoms with Gasteiger partial charge in [-0.25, -0.2) is 0 Å². The zero-order valence-corrected chi connectivity index (χ0v) is 15.1. The van der Waals surface area contributed by atoms with Crippen molar-refractivity contribution < 1.29 is 0 Å². The molecule has 1 rings (SSSR count). The predicted molar refractivity (Wildman–Crippen MR) is 88.9 cm³/mol. The second-order valence-corrected chi connectivity index (χ2v) is 6.70. The minimum absolute atomic E-state index is 0.602. The Kier molecular flexibility index (Phi) is 7.47. The van der Waals surface area contributed by atoms with Gasteiger partial charge in [-0.3, -0.25) is 9.58 Å². The zero-order chi connectivity index (χ0) is 14.4. The number of hydrogen-bond donors (Lipinski definition) is 0. The van der Waals surface area contributed by atoms with Crippen molar-refractivity contribution in [3.8, 4) is 0 Å². The third kappa shape index (κ3) is 4.50. The highest BCUT2D eigenvalue weighted by Gasteiger charge is 2.17. The van der Waals surface area contributed by atoms with E-state index in [1.807, 2.05) is 11.8 Å². The number of thioether (sulfide) groups is 1. The Labute approximate surface area is 130 Å². The number of aromatic nitrogens is 2. The van der Waals surface area contributed by atoms with Crippen molar-refractivity contribution in [2.24, 2.45) is 0 Å². The lowest BCUT2D eigenvalue weighted by Gasteiger charge is -2.24. The first kappa shape index (κ1) is 17.1. The van der Waals surface area contributed by atoms with Crippen LogP contribution in [0.3, 0.4) is 0 Å². The highest BCUT2D eigenvalue weighted by atomic mass is 79.9. The summed E-state index contributed by atoms with van der Waals surface area (Å²) in [7, 11) is 2.20. The summed E-state index contributed by atoms with van der Waals surface area (Å²) in [4.78, 5) is 2.42. The number of hydrogen-bond acceptors (Lipinski definition) is 3. The Morgan fingerprint density at radius 2 is 2.11 bits per heavy atom. The lowest BCUT2D eigenvalue weighted by Crippen LogP contribution is -2.30. The quantitative estimate of drug-likeness (QED) is 0.713. The summed E-state index contributed by atoms with van der Waals surface area (Å²) in [5.41, 5.74) is 2.47. The van der Waals surface area contributed by atoms with Crippen LogP contribution in [-0.4, -0.2) is 39.8 Å². The molecule has 19 heavy (non-hydrogen) atoms. The molecular weight excluding hydrogens is 322 g/mol. The van der Waals surface area contributed by atoms with E-state index < -0.39 is 0 Å². The van der Waals surface area contributed by atoms with Gasteiger partial charge >= 0.3 is 0 Å². The van der Waals surface area contributed by atoms with E-state index in [0.717, 1.165) is 19.5 Å². The van der Waals surface area contributed by atoms with Crippen molar-refractivity contribution >= 4 is 27.7 Å². The van der Waals surface area contributed by atoms with Gasteiger partial charge in [-0.05, 0) is 61.7 Å². The van der Waals surface area contributed by atoms with Crippen LogP contribution in [0, 0.1) is 0 Å². The minimum atomic E-state index is 0.602. The summed E-state index contributed by atoms with van der Waals surface area (Å²) in [5, 5.41) is 4.66. The molecule has 0 spiro atoms. The van der Waals surface area contributed by atoms with E-state index in [9.17, 15) is 0 Å². The Bertz CT molecular complexity index is 392. The fourth-order valence-electron chi connectivity index (χ4n) is 2.07. The molecule has 0 saturated carbocycles. The maximum absolute atomic E-state index is 4.66. The SMILES string of the molecule is CCc1nn(CC)c(CN(C)C(C)CCSC)c1Br. The molecule has 5 heteroatoms. The average molecular weight is 348 g/mol. The van der Waals surface area contributed by atoms with Crippen LogP contribution in [0.4, 0.5) is 0 Å². The lowest BCUT2D eigenvalue weighted by molar-refractivity contribution is 0.237. The third-order valence-electron chi connectivity index (χ3n) is 3.59. The molecule has 0 bridgehead atoms. The van der Waals surface area contributed by atoms with E-state index >= 15 is 0 Å². The van der Waals surface area contributed by atoms with Gasteiger partial charge in [0.15, 0.2) is 0 Å². The van der Waals surface area contributed by atoms with Crippen molar-refractivity contribution in [3.63, 3.8) is 0 Å². The molecule has 1 heterocycles. The fourth-order valence-corrected chi connectivity index (χ4v) is 3.34. The zero-order valence-electron chi connectivity index (χ0n) is 12.7. The first-order chi connectivity index (χ1) is 9.04. The Balaban J connectivity index is 2.77. The Morgan fingerprint density at radius 3 is 2.63 bits per heavy atom. The van der Waals surface area contributed by atoms with Crippen LogP contribution in [0.5, 0.6) is 0 Å². The van der Waals surface area contributed by atoms with Crippen LogP contribution < -0.4 is 0 Å². The molecule has 0 aliphatic carbocycles. The fraction of sp³-hybridized carbons (Fsp3) is 0.786. The molecular formula is C14H26BrN3S. The second kappa shape index (κ2) is 8.32. The molecule has 0 aliphatic rings. The van der Waals surface area contributed by atoms with E-state index in [2.05, 4.69) is 64.7 Å². The number of aryl methyl sites for hydroxylation is 2. The van der Waals surface area contributed by atoms with Crippen LogP contribution in [0.25, 0.3) is 0 Å². The van der Waals surface area contributed by atoms with Gasteiger partial charge in [0.25, 0.3) is 0 Å². The molecule has 1 aromatic rings. The molecule has 1 aromatic heterocycles. The van der Waals surface area contributed by atoms with Gasteiger partial charge in [0.1, 0.15) is 0 Å². The predicted octanol–water partition coefficient (Wildman–Crippen LogP) is 3.80. The van der Waals surface area contributed by atoms with E-state index in [-0.39, 0.29) is 0 Å². The molecule has 0 saturated heterocycles. The normalized spacial score (nSPS) is 13.2. The first-order valence-electron chi connectivity index (χ1n) is 6.98. The summed E-state index contributed by atoms with van der Waals surface area (Å²) >= 11 is 5.64. The maximum atomic E-state index is 4.66. The van der Waals surface area contributed by atoms with Crippen molar-refractivity contribution in [1.29, 1.82) is 0 Å². The van der Waals surface area contributed by atoms with Crippen molar-refractivity contribution in [3.05, 3.63) is 15.9 Å². The van der Waals surface area contributed by atoms with Gasteiger partial charge in [0.2, 0.25) is 0 Å². The van der Waals surface area contributed by atoms with Gasteiger partial charge in [-0.2, -0.15) is 16.9 Å². The average Bonchev–Trinajstić information content (AvgIpc) is 2.72. The van der Waals surface area contributed by atoms with Crippen LogP contribution in [0.2, 0.25) is 0 Å². The molecule has 0 N–H and O–H groups in total. The van der Waals surface area contributed by atoms with E-state index in [0.29, 0.717) is 6.04 Å². The standard InChI is InChI=1S/C14H26BrN3S/c1-6-12-14(15)13(18(7-2)16-12)10-17(4)11(3)8-9-19-5/h11H,6-10H2,1-5H3. The van der Waals surface area contributed by atoms with Gasteiger partial charge in [-0.1, -0.05) is 6.92 Å². The number of rotatable bonds is 8. The summed E-state index contributed by atoms with van der Waals surface area (Å²) in [6.45, 7) is 8.50. The first-order valence-corrected chi connectivity index (χ1v) is 9.16. The van der Waals surface area contributed by atoms with Crippen LogP contribution >= 0.6 is 27.7 Å². The topological polar surface area (TPSA) is 21.1 Å². The van der Waals surface area contributed by atoms with Crippen molar-refractivity contribution in [2.45, 2.75) is 52.7 Å². The maximum Gasteiger partial charge on any atom is 0.0767 e. The molecule has 1 atom stereocenters. The molecule has 0 aliphatic heterocycles. The van der Waals surface area contributed by atoms with Gasteiger partial charge < -0.3 is 0 Å². The molecule has 110 valence electrons. The summed E-state index contributed by atoms with van der Waals surface area (Å²) in [5.74, 6) is 1.22. The molecule has 0 amide bonds. The number of halogens is 1. The van der Waals surface area contributed by atoms with E-state index in [4.69, 9.17) is 0 Å². The lowest BCUT2D eigenvalue weighted by atomic mass is 10.2. The van der Waals surface area contributed by atoms with Gasteiger partial charge in [0.05, 0.1) is 15.9 Å². The summed E-state index contributed by atoms with van der Waals surface area (Å²) in [6, 6.07) is 0.602. The number of nitrogens with zero attached hydrogens (tertiary/aromatic N) is 3. The van der Waals surface area contributed by atoms with Crippen LogP contribution in [-0.2, 0) is 19.5 Å². The molecule has 0 radical (unpaired) electrons. The Morgan fingerprint density at radius 1 is 1.42 bits per heavy atom.